The minimum Gasteiger partial charge on any atom is -0.420 e. The molecule has 28 heavy (non-hydrogen) atoms. The van der Waals surface area contributed by atoms with Gasteiger partial charge >= 0.3 is 0 Å². The number of hydrogen-bond donors (Lipinski definition) is 0. The zero-order valence-corrected chi connectivity index (χ0v) is 15.6. The normalized spacial score (nSPS) is 13.7. The first-order valence-corrected chi connectivity index (χ1v) is 9.48. The van der Waals surface area contributed by atoms with E-state index in [2.05, 4.69) is 16.3 Å². The second-order valence-electron chi connectivity index (χ2n) is 7.08. The summed E-state index contributed by atoms with van der Waals surface area (Å²) >= 11 is 0. The van der Waals surface area contributed by atoms with E-state index in [0.717, 1.165) is 41.7 Å². The van der Waals surface area contributed by atoms with Crippen molar-refractivity contribution in [2.24, 2.45) is 0 Å². The van der Waals surface area contributed by atoms with Crippen molar-refractivity contribution < 1.29 is 9.21 Å². The van der Waals surface area contributed by atoms with Crippen LogP contribution >= 0.6 is 0 Å². The number of aryl methyl sites for hydroxylation is 2. The largest absolute Gasteiger partial charge is 0.420 e. The molecule has 0 N–H and O–H groups in total. The lowest BCUT2D eigenvalue weighted by Crippen LogP contribution is -2.37. The number of rotatable bonds is 3. The smallest absolute Gasteiger partial charge is 0.264 e. The molecule has 0 radical (unpaired) electrons. The maximum atomic E-state index is 13.3. The highest BCUT2D eigenvalue weighted by atomic mass is 16.4. The summed E-state index contributed by atoms with van der Waals surface area (Å²) in [7, 11) is 0. The number of hydrogen-bond acceptors (Lipinski definition) is 4. The average molecular weight is 372 g/mol. The summed E-state index contributed by atoms with van der Waals surface area (Å²) in [6.07, 6.45) is 1.99. The molecule has 5 rings (SSSR count). The van der Waals surface area contributed by atoms with Crippen LogP contribution in [0.25, 0.3) is 22.5 Å². The highest BCUT2D eigenvalue weighted by Crippen LogP contribution is 2.30. The van der Waals surface area contributed by atoms with Crippen molar-refractivity contribution in [1.29, 1.82) is 0 Å². The number of amides is 1. The molecule has 6 heteroatoms. The van der Waals surface area contributed by atoms with E-state index in [9.17, 15) is 4.79 Å². The van der Waals surface area contributed by atoms with Crippen LogP contribution in [-0.4, -0.2) is 27.2 Å². The molecule has 0 bridgehead atoms. The van der Waals surface area contributed by atoms with Gasteiger partial charge in [-0.05, 0) is 36.6 Å². The van der Waals surface area contributed by atoms with Crippen LogP contribution in [0.3, 0.4) is 0 Å². The zero-order chi connectivity index (χ0) is 19.1. The van der Waals surface area contributed by atoms with Crippen molar-refractivity contribution in [3.63, 3.8) is 0 Å². The minimum absolute atomic E-state index is 0.0611. The molecule has 2 aromatic carbocycles. The molecule has 2 aromatic heterocycles. The van der Waals surface area contributed by atoms with E-state index in [1.165, 1.54) is 5.56 Å². The van der Waals surface area contributed by atoms with Crippen molar-refractivity contribution in [2.75, 3.05) is 11.4 Å². The summed E-state index contributed by atoms with van der Waals surface area (Å²) in [6, 6.07) is 18.2. The van der Waals surface area contributed by atoms with Crippen molar-refractivity contribution in [1.82, 2.24) is 14.8 Å². The molecule has 0 aliphatic carbocycles. The number of carbonyl (C=O) groups is 1. The van der Waals surface area contributed by atoms with Gasteiger partial charge in [0.1, 0.15) is 12.2 Å². The van der Waals surface area contributed by atoms with Crippen molar-refractivity contribution in [3.8, 4) is 11.6 Å². The molecule has 1 aliphatic heterocycles. The topological polar surface area (TPSA) is 64.2 Å². The third-order valence-electron chi connectivity index (χ3n) is 5.26. The second kappa shape index (κ2) is 6.64. The second-order valence-corrected chi connectivity index (χ2v) is 7.08. The van der Waals surface area contributed by atoms with Crippen LogP contribution in [0.15, 0.2) is 59.0 Å². The van der Waals surface area contributed by atoms with E-state index >= 15 is 0 Å². The third-order valence-corrected chi connectivity index (χ3v) is 5.26. The van der Waals surface area contributed by atoms with Crippen LogP contribution in [0.1, 0.15) is 17.9 Å². The van der Waals surface area contributed by atoms with Gasteiger partial charge in [0.25, 0.3) is 5.89 Å². The van der Waals surface area contributed by atoms with Gasteiger partial charge in [-0.25, -0.2) is 0 Å². The van der Waals surface area contributed by atoms with Gasteiger partial charge in [-0.15, -0.1) is 10.2 Å². The predicted octanol–water partition coefficient (Wildman–Crippen LogP) is 3.98. The van der Waals surface area contributed by atoms with E-state index in [0.29, 0.717) is 11.8 Å². The number of carbonyl (C=O) groups excluding carboxylic acids is 1. The molecule has 0 unspecified atom stereocenters. The first kappa shape index (κ1) is 16.7. The number of fused-ring (bicyclic) bond motifs is 2. The Kier molecular flexibility index (Phi) is 3.97. The average Bonchev–Trinajstić information content (AvgIpc) is 3.31. The van der Waals surface area contributed by atoms with Gasteiger partial charge in [-0.1, -0.05) is 36.4 Å². The molecular formula is C22H20N4O2. The van der Waals surface area contributed by atoms with E-state index in [4.69, 9.17) is 4.42 Å². The molecule has 1 amide bonds. The predicted molar refractivity (Wildman–Crippen MR) is 107 cm³/mol. The summed E-state index contributed by atoms with van der Waals surface area (Å²) in [5.41, 5.74) is 3.99. The number of nitrogens with zero attached hydrogens (tertiary/aromatic N) is 4. The van der Waals surface area contributed by atoms with Crippen molar-refractivity contribution in [2.45, 2.75) is 26.3 Å². The SMILES string of the molecule is Cc1nnc(-c2cc3ccccc3n2CC(=O)N2CCCc3ccccc32)o1. The maximum absolute atomic E-state index is 13.3. The lowest BCUT2D eigenvalue weighted by molar-refractivity contribution is -0.119. The standard InChI is InChI=1S/C22H20N4O2/c1-15-23-24-22(28-15)20-13-17-8-3-5-11-19(17)26(20)14-21(27)25-12-6-9-16-7-2-4-10-18(16)25/h2-5,7-8,10-11,13H,6,9,12,14H2,1H3. The fraction of sp³-hybridized carbons (Fsp3) is 0.227. The summed E-state index contributed by atoms with van der Waals surface area (Å²) in [5.74, 6) is 0.995. The van der Waals surface area contributed by atoms with Crippen LogP contribution in [-0.2, 0) is 17.8 Å². The first-order chi connectivity index (χ1) is 13.7. The molecule has 3 heterocycles. The fourth-order valence-electron chi connectivity index (χ4n) is 3.97. The molecule has 140 valence electrons. The zero-order valence-electron chi connectivity index (χ0n) is 15.6. The molecule has 0 spiro atoms. The van der Waals surface area contributed by atoms with E-state index in [-0.39, 0.29) is 12.5 Å². The Morgan fingerprint density at radius 3 is 2.79 bits per heavy atom. The van der Waals surface area contributed by atoms with Gasteiger partial charge in [0.05, 0.1) is 0 Å². The van der Waals surface area contributed by atoms with Crippen LogP contribution in [0, 0.1) is 6.92 Å². The number of benzene rings is 2. The Hall–Kier alpha value is -3.41. The maximum Gasteiger partial charge on any atom is 0.264 e. The van der Waals surface area contributed by atoms with Crippen LogP contribution in [0.4, 0.5) is 5.69 Å². The molecule has 6 nitrogen and oxygen atoms in total. The summed E-state index contributed by atoms with van der Waals surface area (Å²) in [6.45, 7) is 2.72. The fourth-order valence-corrected chi connectivity index (χ4v) is 3.97. The van der Waals surface area contributed by atoms with E-state index < -0.39 is 0 Å². The molecule has 0 saturated carbocycles. The number of anilines is 1. The third kappa shape index (κ3) is 2.78. The molecule has 0 saturated heterocycles. The number of para-hydroxylation sites is 2. The quantitative estimate of drug-likeness (QED) is 0.546. The number of aromatic nitrogens is 3. The minimum atomic E-state index is 0.0611. The Bertz CT molecular complexity index is 1170. The Morgan fingerprint density at radius 2 is 1.93 bits per heavy atom. The van der Waals surface area contributed by atoms with Gasteiger partial charge in [-0.2, -0.15) is 0 Å². The van der Waals surface area contributed by atoms with Crippen molar-refractivity contribution in [3.05, 3.63) is 66.1 Å². The Morgan fingerprint density at radius 1 is 1.11 bits per heavy atom. The Labute approximate surface area is 162 Å². The Balaban J connectivity index is 1.56. The summed E-state index contributed by atoms with van der Waals surface area (Å²) in [4.78, 5) is 15.2. The summed E-state index contributed by atoms with van der Waals surface area (Å²) < 4.78 is 7.63. The van der Waals surface area contributed by atoms with Gasteiger partial charge in [0.15, 0.2) is 0 Å². The van der Waals surface area contributed by atoms with E-state index in [1.54, 1.807) is 6.92 Å². The van der Waals surface area contributed by atoms with Gasteiger partial charge in [-0.3, -0.25) is 4.79 Å². The molecule has 4 aromatic rings. The molecule has 1 aliphatic rings. The van der Waals surface area contributed by atoms with Gasteiger partial charge in [0.2, 0.25) is 11.8 Å². The van der Waals surface area contributed by atoms with Crippen molar-refractivity contribution >= 4 is 22.5 Å². The van der Waals surface area contributed by atoms with Gasteiger partial charge in [0, 0.05) is 30.1 Å². The molecule has 0 fully saturated rings. The van der Waals surface area contributed by atoms with Crippen LogP contribution in [0.5, 0.6) is 0 Å². The van der Waals surface area contributed by atoms with E-state index in [1.807, 2.05) is 58.0 Å². The summed E-state index contributed by atoms with van der Waals surface area (Å²) in [5, 5.41) is 9.15. The molecular weight excluding hydrogens is 352 g/mol. The van der Waals surface area contributed by atoms with Gasteiger partial charge < -0.3 is 13.9 Å². The lowest BCUT2D eigenvalue weighted by atomic mass is 10.0. The monoisotopic (exact) mass is 372 g/mol. The lowest BCUT2D eigenvalue weighted by Gasteiger charge is -2.29. The highest BCUT2D eigenvalue weighted by Gasteiger charge is 2.24. The molecule has 0 atom stereocenters. The highest BCUT2D eigenvalue weighted by molar-refractivity contribution is 5.96. The van der Waals surface area contributed by atoms with Crippen LogP contribution in [0.2, 0.25) is 0 Å². The van der Waals surface area contributed by atoms with Crippen LogP contribution < -0.4 is 4.90 Å². The first-order valence-electron chi connectivity index (χ1n) is 9.48.